The molecule has 0 aromatic rings. The van der Waals surface area contributed by atoms with Crippen LogP contribution >= 0.6 is 0 Å². The van der Waals surface area contributed by atoms with E-state index < -0.39 is 0 Å². The third-order valence-corrected chi connectivity index (χ3v) is 3.66. The minimum atomic E-state index is -0.287. The van der Waals surface area contributed by atoms with Crippen molar-refractivity contribution in [3.05, 3.63) is 0 Å². The first-order valence-electron chi connectivity index (χ1n) is 6.62. The van der Waals surface area contributed by atoms with Crippen LogP contribution in [-0.4, -0.2) is 67.7 Å². The molecular weight excluding hydrogens is 221 g/mol. The first-order chi connectivity index (χ1) is 8.33. The largest absolute Gasteiger partial charge is 0.339 e. The van der Waals surface area contributed by atoms with Crippen LogP contribution in [0.4, 0.5) is 4.39 Å². The van der Waals surface area contributed by atoms with Crippen molar-refractivity contribution in [2.24, 2.45) is 0 Å². The Bertz CT molecular complexity index is 256. The molecule has 1 atom stereocenters. The summed E-state index contributed by atoms with van der Waals surface area (Å²) < 4.78 is 12.2. The van der Waals surface area contributed by atoms with Crippen molar-refractivity contribution in [1.82, 2.24) is 15.1 Å². The first-order valence-corrected chi connectivity index (χ1v) is 6.62. The molecular formula is C12H22FN3O. The molecule has 17 heavy (non-hydrogen) atoms. The SMILES string of the molecule is O=C(C1CCCN1CCCF)N1CCNCC1. The molecule has 2 heterocycles. The number of hydrogen-bond acceptors (Lipinski definition) is 3. The summed E-state index contributed by atoms with van der Waals surface area (Å²) in [4.78, 5) is 16.4. The minimum absolute atomic E-state index is 0.0136. The monoisotopic (exact) mass is 243 g/mol. The van der Waals surface area contributed by atoms with Gasteiger partial charge in [-0.2, -0.15) is 0 Å². The van der Waals surface area contributed by atoms with Crippen LogP contribution in [0.2, 0.25) is 0 Å². The van der Waals surface area contributed by atoms with E-state index in [-0.39, 0.29) is 18.6 Å². The highest BCUT2D eigenvalue weighted by molar-refractivity contribution is 5.82. The number of nitrogens with one attached hydrogen (secondary N) is 1. The summed E-state index contributed by atoms with van der Waals surface area (Å²) in [5, 5.41) is 3.25. The molecule has 1 amide bonds. The molecule has 0 aliphatic carbocycles. The second-order valence-corrected chi connectivity index (χ2v) is 4.81. The van der Waals surface area contributed by atoms with Gasteiger partial charge in [0, 0.05) is 32.7 Å². The number of carbonyl (C=O) groups is 1. The summed E-state index contributed by atoms with van der Waals surface area (Å²) in [6, 6.07) is 0.0136. The van der Waals surface area contributed by atoms with Gasteiger partial charge in [0.05, 0.1) is 12.7 Å². The van der Waals surface area contributed by atoms with E-state index in [1.54, 1.807) is 0 Å². The molecule has 98 valence electrons. The van der Waals surface area contributed by atoms with E-state index in [1.165, 1.54) is 0 Å². The highest BCUT2D eigenvalue weighted by atomic mass is 19.1. The molecule has 0 aromatic heterocycles. The lowest BCUT2D eigenvalue weighted by atomic mass is 10.1. The van der Waals surface area contributed by atoms with E-state index in [4.69, 9.17) is 0 Å². The van der Waals surface area contributed by atoms with Crippen LogP contribution in [0.1, 0.15) is 19.3 Å². The molecule has 0 spiro atoms. The van der Waals surface area contributed by atoms with E-state index >= 15 is 0 Å². The predicted octanol–water partition coefficient (Wildman–Crippen LogP) is 0.242. The van der Waals surface area contributed by atoms with E-state index in [0.717, 1.165) is 52.1 Å². The van der Waals surface area contributed by atoms with Gasteiger partial charge in [0.15, 0.2) is 0 Å². The van der Waals surface area contributed by atoms with Gasteiger partial charge in [-0.15, -0.1) is 0 Å². The van der Waals surface area contributed by atoms with Crippen molar-refractivity contribution in [2.45, 2.75) is 25.3 Å². The van der Waals surface area contributed by atoms with Crippen molar-refractivity contribution in [2.75, 3.05) is 45.9 Å². The van der Waals surface area contributed by atoms with E-state index in [1.807, 2.05) is 4.90 Å². The van der Waals surface area contributed by atoms with Crippen molar-refractivity contribution < 1.29 is 9.18 Å². The van der Waals surface area contributed by atoms with Crippen LogP contribution in [0.5, 0.6) is 0 Å². The third-order valence-electron chi connectivity index (χ3n) is 3.66. The lowest BCUT2D eigenvalue weighted by Crippen LogP contribution is -2.52. The molecule has 2 fully saturated rings. The zero-order valence-corrected chi connectivity index (χ0v) is 10.3. The maximum atomic E-state index is 12.3. The van der Waals surface area contributed by atoms with Crippen molar-refractivity contribution in [1.29, 1.82) is 0 Å². The molecule has 2 saturated heterocycles. The smallest absolute Gasteiger partial charge is 0.240 e. The van der Waals surface area contributed by atoms with Crippen LogP contribution in [-0.2, 0) is 4.79 Å². The Kier molecular flexibility index (Phi) is 4.74. The number of hydrogen-bond donors (Lipinski definition) is 1. The zero-order valence-electron chi connectivity index (χ0n) is 10.3. The lowest BCUT2D eigenvalue weighted by Gasteiger charge is -2.32. The molecule has 0 radical (unpaired) electrons. The fourth-order valence-electron chi connectivity index (χ4n) is 2.73. The summed E-state index contributed by atoms with van der Waals surface area (Å²) in [6.07, 6.45) is 2.55. The molecule has 0 aromatic carbocycles. The third kappa shape index (κ3) is 3.16. The average molecular weight is 243 g/mol. The molecule has 1 N–H and O–H groups in total. The predicted molar refractivity (Wildman–Crippen MR) is 64.6 cm³/mol. The number of carbonyl (C=O) groups excluding carboxylic acids is 1. The van der Waals surface area contributed by atoms with E-state index in [0.29, 0.717) is 6.42 Å². The second kappa shape index (κ2) is 6.31. The number of piperazine rings is 1. The molecule has 2 aliphatic heterocycles. The fourth-order valence-corrected chi connectivity index (χ4v) is 2.73. The van der Waals surface area contributed by atoms with Gasteiger partial charge in [-0.1, -0.05) is 0 Å². The van der Waals surface area contributed by atoms with E-state index in [2.05, 4.69) is 10.2 Å². The van der Waals surface area contributed by atoms with Gasteiger partial charge in [-0.25, -0.2) is 0 Å². The lowest BCUT2D eigenvalue weighted by molar-refractivity contribution is -0.136. The number of rotatable bonds is 4. The van der Waals surface area contributed by atoms with Gasteiger partial charge in [-0.3, -0.25) is 14.1 Å². The summed E-state index contributed by atoms with van der Waals surface area (Å²) >= 11 is 0. The summed E-state index contributed by atoms with van der Waals surface area (Å²) in [7, 11) is 0. The van der Waals surface area contributed by atoms with E-state index in [9.17, 15) is 9.18 Å². The molecule has 2 rings (SSSR count). The zero-order chi connectivity index (χ0) is 12.1. The Morgan fingerprint density at radius 1 is 1.29 bits per heavy atom. The quantitative estimate of drug-likeness (QED) is 0.768. The van der Waals surface area contributed by atoms with Gasteiger partial charge in [0.25, 0.3) is 0 Å². The highest BCUT2D eigenvalue weighted by Crippen LogP contribution is 2.19. The standard InChI is InChI=1S/C12H22FN3O/c13-4-2-8-15-7-1-3-11(15)12(17)16-9-5-14-6-10-16/h11,14H,1-10H2. The van der Waals surface area contributed by atoms with Crippen LogP contribution in [0.15, 0.2) is 0 Å². The Morgan fingerprint density at radius 2 is 2.06 bits per heavy atom. The summed E-state index contributed by atoms with van der Waals surface area (Å²) in [5.41, 5.74) is 0. The van der Waals surface area contributed by atoms with Crippen LogP contribution in [0.25, 0.3) is 0 Å². The van der Waals surface area contributed by atoms with Crippen LogP contribution in [0.3, 0.4) is 0 Å². The molecule has 0 saturated carbocycles. The average Bonchev–Trinajstić information content (AvgIpc) is 2.84. The topological polar surface area (TPSA) is 35.6 Å². The normalized spacial score (nSPS) is 26.4. The Labute approximate surface area is 102 Å². The van der Waals surface area contributed by atoms with Crippen molar-refractivity contribution >= 4 is 5.91 Å². The summed E-state index contributed by atoms with van der Waals surface area (Å²) in [5.74, 6) is 0.253. The Morgan fingerprint density at radius 3 is 2.76 bits per heavy atom. The van der Waals surface area contributed by atoms with Crippen molar-refractivity contribution in [3.8, 4) is 0 Å². The van der Waals surface area contributed by atoms with Crippen LogP contribution in [0, 0.1) is 0 Å². The van der Waals surface area contributed by atoms with Gasteiger partial charge in [0.1, 0.15) is 0 Å². The molecule has 4 nitrogen and oxygen atoms in total. The summed E-state index contributed by atoms with van der Waals surface area (Å²) in [6.45, 7) is 4.79. The number of amides is 1. The van der Waals surface area contributed by atoms with Crippen LogP contribution < -0.4 is 5.32 Å². The van der Waals surface area contributed by atoms with Gasteiger partial charge >= 0.3 is 0 Å². The molecule has 2 aliphatic rings. The molecule has 5 heteroatoms. The Balaban J connectivity index is 1.88. The minimum Gasteiger partial charge on any atom is -0.339 e. The molecule has 1 unspecified atom stereocenters. The number of alkyl halides is 1. The first kappa shape index (κ1) is 12.8. The molecule has 0 bridgehead atoms. The number of likely N-dealkylation sites (tertiary alicyclic amines) is 1. The van der Waals surface area contributed by atoms with Gasteiger partial charge in [0.2, 0.25) is 5.91 Å². The van der Waals surface area contributed by atoms with Gasteiger partial charge in [-0.05, 0) is 25.8 Å². The fraction of sp³-hybridized carbons (Fsp3) is 0.917. The maximum Gasteiger partial charge on any atom is 0.240 e. The number of halogens is 1. The van der Waals surface area contributed by atoms with Crippen molar-refractivity contribution in [3.63, 3.8) is 0 Å². The van der Waals surface area contributed by atoms with Gasteiger partial charge < -0.3 is 10.2 Å². The number of nitrogens with zero attached hydrogens (tertiary/aromatic N) is 2. The maximum absolute atomic E-state index is 12.3. The Hall–Kier alpha value is -0.680. The highest BCUT2D eigenvalue weighted by Gasteiger charge is 2.33. The second-order valence-electron chi connectivity index (χ2n) is 4.81.